The Hall–Kier alpha value is 0.350. The van der Waals surface area contributed by atoms with Crippen molar-refractivity contribution in [3.05, 3.63) is 0 Å². The van der Waals surface area contributed by atoms with E-state index >= 15 is 0 Å². The second kappa shape index (κ2) is 3.84. The van der Waals surface area contributed by atoms with E-state index in [4.69, 9.17) is 0 Å². The van der Waals surface area contributed by atoms with Gasteiger partial charge in [-0.05, 0) is 19.3 Å². The zero-order valence-corrected chi connectivity index (χ0v) is 10.3. The molecule has 0 aromatic heterocycles. The number of rotatable bonds is 4. The lowest BCUT2D eigenvalue weighted by Gasteiger charge is -2.41. The van der Waals surface area contributed by atoms with Crippen molar-refractivity contribution in [3.8, 4) is 0 Å². The highest BCUT2D eigenvalue weighted by Gasteiger charge is 2.39. The fourth-order valence-corrected chi connectivity index (χ4v) is 3.12. The second-order valence-electron chi connectivity index (χ2n) is 3.66. The average Bonchev–Trinajstić information content (AvgIpc) is 1.96. The Morgan fingerprint density at radius 2 is 2.00 bits per heavy atom. The van der Waals surface area contributed by atoms with E-state index in [1.165, 1.54) is 18.4 Å². The summed E-state index contributed by atoms with van der Waals surface area (Å²) in [6.07, 6.45) is 2.94. The lowest BCUT2D eigenvalue weighted by molar-refractivity contribution is 0.251. The number of halogens is 1. The van der Waals surface area contributed by atoms with Crippen LogP contribution in [-0.4, -0.2) is 37.7 Å². The van der Waals surface area contributed by atoms with E-state index in [0.717, 1.165) is 19.3 Å². The van der Waals surface area contributed by atoms with Gasteiger partial charge in [0, 0.05) is 25.0 Å². The summed E-state index contributed by atoms with van der Waals surface area (Å²) in [7, 11) is -0.214. The molecule has 6 heteroatoms. The fourth-order valence-electron chi connectivity index (χ4n) is 1.23. The van der Waals surface area contributed by atoms with Crippen LogP contribution in [0.3, 0.4) is 0 Å². The first kappa shape index (κ1) is 11.4. The number of hydrogen-bond donors (Lipinski definition) is 1. The van der Waals surface area contributed by atoms with Crippen LogP contribution >= 0.6 is 15.9 Å². The smallest absolute Gasteiger partial charge is 0.195 e. The molecule has 1 fully saturated rings. The number of nitrogens with zero attached hydrogens (tertiary/aromatic N) is 1. The molecule has 1 N–H and O–H groups in total. The fraction of sp³-hybridized carbons (Fsp3) is 1.00. The Balaban J connectivity index is 2.67. The van der Waals surface area contributed by atoms with E-state index in [-0.39, 0.29) is 5.54 Å². The molecule has 13 heavy (non-hydrogen) atoms. The van der Waals surface area contributed by atoms with Crippen LogP contribution in [0.2, 0.25) is 0 Å². The summed E-state index contributed by atoms with van der Waals surface area (Å²) < 4.78 is 26.9. The van der Waals surface area contributed by atoms with Crippen molar-refractivity contribution < 1.29 is 8.42 Å². The molecule has 0 amide bonds. The van der Waals surface area contributed by atoms with Crippen molar-refractivity contribution >= 4 is 26.1 Å². The molecule has 1 aliphatic rings. The van der Waals surface area contributed by atoms with Gasteiger partial charge in [0.05, 0.1) is 0 Å². The van der Waals surface area contributed by atoms with Gasteiger partial charge in [0.1, 0.15) is 0 Å². The Labute approximate surface area is 88.0 Å². The van der Waals surface area contributed by atoms with E-state index in [1.807, 2.05) is 0 Å². The van der Waals surface area contributed by atoms with Gasteiger partial charge in [0.25, 0.3) is 10.2 Å². The molecule has 0 atom stereocenters. The van der Waals surface area contributed by atoms with Crippen molar-refractivity contribution in [2.75, 3.05) is 19.4 Å². The molecule has 0 aliphatic heterocycles. The van der Waals surface area contributed by atoms with Crippen LogP contribution in [0.4, 0.5) is 0 Å². The summed E-state index contributed by atoms with van der Waals surface area (Å²) in [5, 5.41) is 0.688. The number of alkyl halides is 1. The SMILES string of the molecule is CN(C)S(=O)(=O)NC1(CBr)CCC1. The molecule has 0 radical (unpaired) electrons. The Morgan fingerprint density at radius 1 is 1.46 bits per heavy atom. The highest BCUT2D eigenvalue weighted by molar-refractivity contribution is 9.09. The van der Waals surface area contributed by atoms with Crippen molar-refractivity contribution in [1.82, 2.24) is 9.03 Å². The third-order valence-electron chi connectivity index (χ3n) is 2.39. The Kier molecular flexibility index (Phi) is 3.38. The van der Waals surface area contributed by atoms with Crippen LogP contribution in [0.25, 0.3) is 0 Å². The van der Waals surface area contributed by atoms with Gasteiger partial charge >= 0.3 is 0 Å². The monoisotopic (exact) mass is 270 g/mol. The van der Waals surface area contributed by atoms with E-state index in [0.29, 0.717) is 5.33 Å². The van der Waals surface area contributed by atoms with E-state index in [9.17, 15) is 8.42 Å². The van der Waals surface area contributed by atoms with Crippen LogP contribution in [0.1, 0.15) is 19.3 Å². The maximum absolute atomic E-state index is 11.5. The molecule has 1 rings (SSSR count). The third-order valence-corrected chi connectivity index (χ3v) is 5.12. The molecule has 0 unspecified atom stereocenters. The van der Waals surface area contributed by atoms with Crippen LogP contribution in [-0.2, 0) is 10.2 Å². The van der Waals surface area contributed by atoms with Gasteiger partial charge in [0.2, 0.25) is 0 Å². The first-order valence-corrected chi connectivity index (χ1v) is 6.75. The van der Waals surface area contributed by atoms with E-state index < -0.39 is 10.2 Å². The largest absolute Gasteiger partial charge is 0.279 e. The minimum absolute atomic E-state index is 0.233. The molecule has 1 saturated carbocycles. The van der Waals surface area contributed by atoms with Crippen molar-refractivity contribution in [2.24, 2.45) is 0 Å². The molecule has 0 heterocycles. The summed E-state index contributed by atoms with van der Waals surface area (Å²) in [6.45, 7) is 0. The summed E-state index contributed by atoms with van der Waals surface area (Å²) in [5.41, 5.74) is -0.233. The highest BCUT2D eigenvalue weighted by atomic mass is 79.9. The summed E-state index contributed by atoms with van der Waals surface area (Å²) in [6, 6.07) is 0. The van der Waals surface area contributed by atoms with Gasteiger partial charge < -0.3 is 0 Å². The van der Waals surface area contributed by atoms with Gasteiger partial charge in [-0.1, -0.05) is 15.9 Å². The molecular formula is C7H15BrN2O2S. The van der Waals surface area contributed by atoms with Crippen LogP contribution in [0.5, 0.6) is 0 Å². The molecule has 1 aliphatic carbocycles. The topological polar surface area (TPSA) is 49.4 Å². The Bertz CT molecular complexity index is 267. The van der Waals surface area contributed by atoms with Crippen molar-refractivity contribution in [3.63, 3.8) is 0 Å². The molecule has 4 nitrogen and oxygen atoms in total. The molecule has 0 bridgehead atoms. The maximum atomic E-state index is 11.5. The predicted molar refractivity (Wildman–Crippen MR) is 56.1 cm³/mol. The van der Waals surface area contributed by atoms with Gasteiger partial charge in [-0.2, -0.15) is 17.4 Å². The third kappa shape index (κ3) is 2.43. The van der Waals surface area contributed by atoms with Crippen LogP contribution < -0.4 is 4.72 Å². The lowest BCUT2D eigenvalue weighted by atomic mass is 9.80. The zero-order chi connectivity index (χ0) is 10.1. The van der Waals surface area contributed by atoms with Crippen LogP contribution in [0.15, 0.2) is 0 Å². The summed E-state index contributed by atoms with van der Waals surface area (Å²) in [4.78, 5) is 0. The maximum Gasteiger partial charge on any atom is 0.279 e. The summed E-state index contributed by atoms with van der Waals surface area (Å²) >= 11 is 3.34. The lowest BCUT2D eigenvalue weighted by Crippen LogP contribution is -2.57. The van der Waals surface area contributed by atoms with Gasteiger partial charge in [0.15, 0.2) is 0 Å². The predicted octanol–water partition coefficient (Wildman–Crippen LogP) is 0.700. The van der Waals surface area contributed by atoms with Crippen molar-refractivity contribution in [1.29, 1.82) is 0 Å². The molecule has 0 saturated heterocycles. The first-order chi connectivity index (χ1) is 5.92. The van der Waals surface area contributed by atoms with E-state index in [1.54, 1.807) is 0 Å². The quantitative estimate of drug-likeness (QED) is 0.765. The summed E-state index contributed by atoms with van der Waals surface area (Å²) in [5.74, 6) is 0. The standard InChI is InChI=1S/C7H15BrN2O2S/c1-10(2)13(11,12)9-7(6-8)4-3-5-7/h9H,3-6H2,1-2H3. The molecule has 78 valence electrons. The van der Waals surface area contributed by atoms with Gasteiger partial charge in [-0.15, -0.1) is 0 Å². The minimum atomic E-state index is -3.28. The molecule has 0 aromatic rings. The number of nitrogens with one attached hydrogen (secondary N) is 1. The second-order valence-corrected chi connectivity index (χ2v) is 6.10. The van der Waals surface area contributed by atoms with Gasteiger partial charge in [-0.25, -0.2) is 0 Å². The first-order valence-electron chi connectivity index (χ1n) is 4.19. The van der Waals surface area contributed by atoms with Crippen molar-refractivity contribution in [2.45, 2.75) is 24.8 Å². The van der Waals surface area contributed by atoms with E-state index in [2.05, 4.69) is 20.7 Å². The normalized spacial score (nSPS) is 21.5. The molecule has 0 spiro atoms. The van der Waals surface area contributed by atoms with Gasteiger partial charge in [-0.3, -0.25) is 0 Å². The zero-order valence-electron chi connectivity index (χ0n) is 7.88. The average molecular weight is 271 g/mol. The Morgan fingerprint density at radius 3 is 2.23 bits per heavy atom. The van der Waals surface area contributed by atoms with Crippen LogP contribution in [0, 0.1) is 0 Å². The molecular weight excluding hydrogens is 256 g/mol. The number of hydrogen-bond acceptors (Lipinski definition) is 2. The molecule has 0 aromatic carbocycles. The highest BCUT2D eigenvalue weighted by Crippen LogP contribution is 2.34. The minimum Gasteiger partial charge on any atom is -0.195 e.